The number of ether oxygens (including phenoxy) is 1. The number of hydrogen-bond donors (Lipinski definition) is 2. The van der Waals surface area contributed by atoms with Crippen molar-refractivity contribution in [3.05, 3.63) is 47.3 Å². The maximum absolute atomic E-state index is 12.3. The molecule has 142 valence electrons. The van der Waals surface area contributed by atoms with E-state index in [0.29, 0.717) is 18.9 Å². The van der Waals surface area contributed by atoms with Crippen LogP contribution in [0.2, 0.25) is 0 Å². The Kier molecular flexibility index (Phi) is 5.85. The van der Waals surface area contributed by atoms with Gasteiger partial charge >= 0.3 is 0 Å². The summed E-state index contributed by atoms with van der Waals surface area (Å²) < 4.78 is 7.21. The molecule has 0 saturated heterocycles. The molecule has 2 heterocycles. The minimum absolute atomic E-state index is 0.0422. The van der Waals surface area contributed by atoms with Gasteiger partial charge in [-0.2, -0.15) is 9.50 Å². The maximum atomic E-state index is 12.3. The van der Waals surface area contributed by atoms with Crippen molar-refractivity contribution < 1.29 is 9.53 Å². The molecule has 0 unspecified atom stereocenters. The number of nitrogens with zero attached hydrogens (tertiary/aromatic N) is 4. The molecule has 27 heavy (non-hydrogen) atoms. The first-order valence-corrected chi connectivity index (χ1v) is 8.97. The van der Waals surface area contributed by atoms with Gasteiger partial charge in [0, 0.05) is 23.5 Å². The first-order valence-electron chi connectivity index (χ1n) is 8.97. The van der Waals surface area contributed by atoms with Crippen LogP contribution in [0.1, 0.15) is 29.8 Å². The van der Waals surface area contributed by atoms with E-state index in [1.807, 2.05) is 44.2 Å². The molecule has 0 atom stereocenters. The van der Waals surface area contributed by atoms with Crippen molar-refractivity contribution >= 4 is 17.6 Å². The van der Waals surface area contributed by atoms with Crippen molar-refractivity contribution in [2.24, 2.45) is 0 Å². The minimum atomic E-state index is -0.0422. The molecule has 8 heteroatoms. The van der Waals surface area contributed by atoms with Gasteiger partial charge in [-0.3, -0.25) is 4.79 Å². The number of carbonyl (C=O) groups excluding carboxylic acids is 1. The number of benzene rings is 1. The number of nitrogens with two attached hydrogens (primary N) is 1. The highest BCUT2D eigenvalue weighted by atomic mass is 16.5. The molecule has 8 nitrogen and oxygen atoms in total. The fraction of sp³-hybridized carbons (Fsp3) is 0.368. The zero-order chi connectivity index (χ0) is 19.2. The highest BCUT2D eigenvalue weighted by Crippen LogP contribution is 2.15. The summed E-state index contributed by atoms with van der Waals surface area (Å²) in [4.78, 5) is 20.7. The molecular weight excluding hydrogens is 344 g/mol. The molecule has 3 rings (SSSR count). The van der Waals surface area contributed by atoms with E-state index < -0.39 is 0 Å². The second-order valence-electron chi connectivity index (χ2n) is 6.34. The fourth-order valence-corrected chi connectivity index (χ4v) is 2.86. The molecule has 0 radical (unpaired) electrons. The molecule has 0 fully saturated rings. The molecule has 3 aromatic rings. The van der Waals surface area contributed by atoms with Crippen LogP contribution in [0.15, 0.2) is 30.3 Å². The predicted octanol–water partition coefficient (Wildman–Crippen LogP) is 1.84. The Labute approximate surface area is 157 Å². The lowest BCUT2D eigenvalue weighted by atomic mass is 10.1. The number of rotatable bonds is 8. The van der Waals surface area contributed by atoms with Crippen LogP contribution in [0, 0.1) is 13.8 Å². The second-order valence-corrected chi connectivity index (χ2v) is 6.34. The molecule has 0 aliphatic rings. The summed E-state index contributed by atoms with van der Waals surface area (Å²) >= 11 is 0. The third-order valence-corrected chi connectivity index (χ3v) is 4.31. The van der Waals surface area contributed by atoms with E-state index in [0.717, 1.165) is 35.5 Å². The summed E-state index contributed by atoms with van der Waals surface area (Å²) in [5, 5.41) is 7.06. The Hall–Kier alpha value is -3.16. The van der Waals surface area contributed by atoms with Crippen molar-refractivity contribution in [2.45, 2.75) is 33.1 Å². The smallest absolute Gasteiger partial charge is 0.254 e. The van der Waals surface area contributed by atoms with E-state index >= 15 is 0 Å². The van der Waals surface area contributed by atoms with Crippen LogP contribution >= 0.6 is 0 Å². The zero-order valence-corrected chi connectivity index (χ0v) is 15.6. The number of amides is 1. The lowest BCUT2D eigenvalue weighted by molar-refractivity contribution is -0.120. The normalized spacial score (nSPS) is 10.9. The lowest BCUT2D eigenvalue weighted by Crippen LogP contribution is -2.27. The van der Waals surface area contributed by atoms with Gasteiger partial charge in [0.05, 0.1) is 13.0 Å². The Bertz CT molecular complexity index is 923. The van der Waals surface area contributed by atoms with Gasteiger partial charge in [0.1, 0.15) is 5.75 Å². The lowest BCUT2D eigenvalue weighted by Gasteiger charge is -2.11. The van der Waals surface area contributed by atoms with Gasteiger partial charge in [0.25, 0.3) is 5.78 Å². The third-order valence-electron chi connectivity index (χ3n) is 4.31. The van der Waals surface area contributed by atoms with Crippen molar-refractivity contribution in [1.29, 1.82) is 0 Å². The highest BCUT2D eigenvalue weighted by molar-refractivity contribution is 5.79. The molecule has 3 N–H and O–H groups in total. The molecule has 0 bridgehead atoms. The van der Waals surface area contributed by atoms with E-state index in [-0.39, 0.29) is 18.3 Å². The molecule has 0 spiro atoms. The Morgan fingerprint density at radius 3 is 2.74 bits per heavy atom. The molecule has 1 amide bonds. The predicted molar refractivity (Wildman–Crippen MR) is 103 cm³/mol. The molecule has 0 aliphatic heterocycles. The number of nitrogen functional groups attached to an aromatic ring is 1. The van der Waals surface area contributed by atoms with Crippen molar-refractivity contribution in [3.8, 4) is 5.75 Å². The first-order chi connectivity index (χ1) is 13.0. The van der Waals surface area contributed by atoms with E-state index in [9.17, 15) is 4.79 Å². The van der Waals surface area contributed by atoms with Crippen LogP contribution in [0.4, 0.5) is 5.95 Å². The van der Waals surface area contributed by atoms with Gasteiger partial charge < -0.3 is 15.8 Å². The zero-order valence-electron chi connectivity index (χ0n) is 15.6. The number of aryl methyl sites for hydroxylation is 2. The Balaban J connectivity index is 1.45. The SMILES string of the molecule is Cc1nc2nc(N)nn2c(C)c1CC(=O)NCCCCOc1ccccc1. The van der Waals surface area contributed by atoms with Crippen LogP contribution in [0.5, 0.6) is 5.75 Å². The Morgan fingerprint density at radius 2 is 1.96 bits per heavy atom. The molecule has 0 aliphatic carbocycles. The Morgan fingerprint density at radius 1 is 1.19 bits per heavy atom. The maximum Gasteiger partial charge on any atom is 0.254 e. The number of hydrogen-bond acceptors (Lipinski definition) is 6. The fourth-order valence-electron chi connectivity index (χ4n) is 2.86. The first kappa shape index (κ1) is 18.6. The molecule has 1 aromatic carbocycles. The van der Waals surface area contributed by atoms with Crippen LogP contribution in [0.25, 0.3) is 5.78 Å². The van der Waals surface area contributed by atoms with E-state index in [4.69, 9.17) is 10.5 Å². The van der Waals surface area contributed by atoms with Crippen molar-refractivity contribution in [1.82, 2.24) is 24.9 Å². The average molecular weight is 368 g/mol. The van der Waals surface area contributed by atoms with Crippen LogP contribution in [-0.4, -0.2) is 38.6 Å². The molecule has 2 aromatic heterocycles. The number of aromatic nitrogens is 4. The standard InChI is InChI=1S/C19H24N6O2/c1-13-16(14(2)25-19(22-13)23-18(20)24-25)12-17(26)21-10-6-7-11-27-15-8-4-3-5-9-15/h3-5,8-9H,6-7,10-12H2,1-2H3,(H2,20,24)(H,21,26). The molecule has 0 saturated carbocycles. The van der Waals surface area contributed by atoms with E-state index in [1.54, 1.807) is 4.52 Å². The van der Waals surface area contributed by atoms with Crippen LogP contribution < -0.4 is 15.8 Å². The summed E-state index contributed by atoms with van der Waals surface area (Å²) in [6.45, 7) is 4.99. The van der Waals surface area contributed by atoms with Gasteiger partial charge in [-0.05, 0) is 38.8 Å². The molecular formula is C19H24N6O2. The number of unbranched alkanes of at least 4 members (excludes halogenated alkanes) is 1. The van der Waals surface area contributed by atoms with Gasteiger partial charge in [-0.25, -0.2) is 4.98 Å². The van der Waals surface area contributed by atoms with Gasteiger partial charge in [-0.1, -0.05) is 18.2 Å². The monoisotopic (exact) mass is 368 g/mol. The summed E-state index contributed by atoms with van der Waals surface area (Å²) in [6, 6.07) is 9.70. The largest absolute Gasteiger partial charge is 0.494 e. The van der Waals surface area contributed by atoms with Crippen molar-refractivity contribution in [2.75, 3.05) is 18.9 Å². The summed E-state index contributed by atoms with van der Waals surface area (Å²) in [7, 11) is 0. The van der Waals surface area contributed by atoms with Gasteiger partial charge in [0.15, 0.2) is 0 Å². The topological polar surface area (TPSA) is 107 Å². The third kappa shape index (κ3) is 4.72. The number of carbonyl (C=O) groups is 1. The average Bonchev–Trinajstić information content (AvgIpc) is 3.03. The van der Waals surface area contributed by atoms with Gasteiger partial charge in [-0.15, -0.1) is 5.10 Å². The van der Waals surface area contributed by atoms with E-state index in [2.05, 4.69) is 20.4 Å². The number of anilines is 1. The van der Waals surface area contributed by atoms with Gasteiger partial charge in [0.2, 0.25) is 11.9 Å². The summed E-state index contributed by atoms with van der Waals surface area (Å²) in [5.74, 6) is 1.44. The number of fused-ring (bicyclic) bond motifs is 1. The van der Waals surface area contributed by atoms with Crippen molar-refractivity contribution in [3.63, 3.8) is 0 Å². The highest BCUT2D eigenvalue weighted by Gasteiger charge is 2.15. The summed E-state index contributed by atoms with van der Waals surface area (Å²) in [5.41, 5.74) is 8.07. The number of nitrogens with one attached hydrogen (secondary N) is 1. The quantitative estimate of drug-likeness (QED) is 0.588. The van der Waals surface area contributed by atoms with E-state index in [1.165, 1.54) is 0 Å². The number of para-hydroxylation sites is 1. The minimum Gasteiger partial charge on any atom is -0.494 e. The van der Waals surface area contributed by atoms with Crippen LogP contribution in [-0.2, 0) is 11.2 Å². The van der Waals surface area contributed by atoms with Crippen LogP contribution in [0.3, 0.4) is 0 Å². The second kappa shape index (κ2) is 8.48. The summed E-state index contributed by atoms with van der Waals surface area (Å²) in [6.07, 6.45) is 1.98.